The molecule has 154 valence electrons. The third-order valence-electron chi connectivity index (χ3n) is 5.46. The lowest BCUT2D eigenvalue weighted by atomic mass is 10.0. The van der Waals surface area contributed by atoms with Crippen LogP contribution in [0, 0.1) is 10.1 Å². The molecular weight excluding hydrogens is 372 g/mol. The Morgan fingerprint density at radius 3 is 2.69 bits per heavy atom. The first-order valence-electron chi connectivity index (χ1n) is 9.71. The van der Waals surface area contributed by atoms with Gasteiger partial charge in [-0.1, -0.05) is 6.07 Å². The number of nitro benzene ring substituents is 1. The Morgan fingerprint density at radius 1 is 1.31 bits per heavy atom. The highest BCUT2D eigenvalue weighted by atomic mass is 16.6. The highest BCUT2D eigenvalue weighted by molar-refractivity contribution is 5.95. The van der Waals surface area contributed by atoms with Crippen molar-refractivity contribution >= 4 is 11.6 Å². The zero-order valence-corrected chi connectivity index (χ0v) is 16.8. The van der Waals surface area contributed by atoms with Crippen molar-refractivity contribution in [1.82, 2.24) is 14.8 Å². The molecule has 1 aromatic carbocycles. The van der Waals surface area contributed by atoms with Gasteiger partial charge in [-0.2, -0.15) is 0 Å². The predicted molar refractivity (Wildman–Crippen MR) is 109 cm³/mol. The normalized spacial score (nSPS) is 15.1. The number of nitro groups is 1. The minimum Gasteiger partial charge on any atom is -0.490 e. The zero-order chi connectivity index (χ0) is 20.8. The standard InChI is InChI=1S/C21H26N4O4/c1-23(21(26)16-6-7-20(29-2)19(15-16)25(27)28)18-9-13-24(14-10-18)12-8-17-5-3-4-11-22-17/h3-7,11,15,18H,8-10,12-14H2,1-2H3. The molecule has 0 atom stereocenters. The molecule has 8 nitrogen and oxygen atoms in total. The summed E-state index contributed by atoms with van der Waals surface area (Å²) < 4.78 is 5.01. The SMILES string of the molecule is COc1ccc(C(=O)N(C)C2CCN(CCc3ccccn3)CC2)cc1[N+](=O)[O-]. The quantitative estimate of drug-likeness (QED) is 0.526. The highest BCUT2D eigenvalue weighted by Gasteiger charge is 2.27. The van der Waals surface area contributed by atoms with Crippen LogP contribution in [0.15, 0.2) is 42.6 Å². The van der Waals surface area contributed by atoms with Crippen LogP contribution in [0.2, 0.25) is 0 Å². The van der Waals surface area contributed by atoms with E-state index in [2.05, 4.69) is 9.88 Å². The molecule has 29 heavy (non-hydrogen) atoms. The number of aromatic nitrogens is 1. The molecule has 1 fully saturated rings. The first kappa shape index (κ1) is 20.7. The maximum Gasteiger partial charge on any atom is 0.311 e. The van der Waals surface area contributed by atoms with Crippen molar-refractivity contribution in [3.8, 4) is 5.75 Å². The van der Waals surface area contributed by atoms with Crippen molar-refractivity contribution in [3.05, 3.63) is 64.0 Å². The minimum atomic E-state index is -0.532. The van der Waals surface area contributed by atoms with Crippen molar-refractivity contribution in [2.45, 2.75) is 25.3 Å². The maximum absolute atomic E-state index is 12.9. The molecule has 1 saturated heterocycles. The molecule has 0 saturated carbocycles. The van der Waals surface area contributed by atoms with Crippen LogP contribution in [0.25, 0.3) is 0 Å². The average Bonchev–Trinajstić information content (AvgIpc) is 2.77. The van der Waals surface area contributed by atoms with Gasteiger partial charge >= 0.3 is 5.69 Å². The second-order valence-corrected chi connectivity index (χ2v) is 7.20. The number of carbonyl (C=O) groups excluding carboxylic acids is 1. The van der Waals surface area contributed by atoms with Crippen molar-refractivity contribution in [2.24, 2.45) is 0 Å². The topological polar surface area (TPSA) is 88.8 Å². The lowest BCUT2D eigenvalue weighted by Crippen LogP contribution is -2.46. The molecule has 0 radical (unpaired) electrons. The summed E-state index contributed by atoms with van der Waals surface area (Å²) in [6.07, 6.45) is 4.48. The third kappa shape index (κ3) is 5.08. The van der Waals surface area contributed by atoms with Crippen LogP contribution in [0.4, 0.5) is 5.69 Å². The molecule has 0 unspecified atom stereocenters. The van der Waals surface area contributed by atoms with Gasteiger partial charge in [0.05, 0.1) is 12.0 Å². The minimum absolute atomic E-state index is 0.120. The number of pyridine rings is 1. The molecule has 0 bridgehead atoms. The molecule has 0 spiro atoms. The molecular formula is C21H26N4O4. The second-order valence-electron chi connectivity index (χ2n) is 7.20. The van der Waals surface area contributed by atoms with Crippen molar-refractivity contribution < 1.29 is 14.5 Å². The summed E-state index contributed by atoms with van der Waals surface area (Å²) in [5, 5.41) is 11.2. The van der Waals surface area contributed by atoms with Crippen LogP contribution in [-0.4, -0.2) is 65.4 Å². The summed E-state index contributed by atoms with van der Waals surface area (Å²) in [6.45, 7) is 2.78. The van der Waals surface area contributed by atoms with E-state index in [1.54, 1.807) is 18.0 Å². The number of amides is 1. The Labute approximate surface area is 170 Å². The number of nitrogens with zero attached hydrogens (tertiary/aromatic N) is 4. The van der Waals surface area contributed by atoms with Gasteiger partial charge in [0.2, 0.25) is 0 Å². The Kier molecular flexibility index (Phi) is 6.77. The van der Waals surface area contributed by atoms with Gasteiger partial charge in [-0.15, -0.1) is 0 Å². The first-order chi connectivity index (χ1) is 14.0. The van der Waals surface area contributed by atoms with Crippen LogP contribution < -0.4 is 4.74 Å². The lowest BCUT2D eigenvalue weighted by molar-refractivity contribution is -0.385. The second kappa shape index (κ2) is 9.47. The molecule has 2 heterocycles. The largest absolute Gasteiger partial charge is 0.490 e. The van der Waals surface area contributed by atoms with E-state index >= 15 is 0 Å². The Morgan fingerprint density at radius 2 is 2.07 bits per heavy atom. The summed E-state index contributed by atoms with van der Waals surface area (Å²) in [6, 6.07) is 10.4. The van der Waals surface area contributed by atoms with E-state index in [1.165, 1.54) is 19.2 Å². The summed E-state index contributed by atoms with van der Waals surface area (Å²) in [7, 11) is 3.14. The number of hydrogen-bond donors (Lipinski definition) is 0. The molecule has 1 amide bonds. The predicted octanol–water partition coefficient (Wildman–Crippen LogP) is 2.78. The molecule has 1 aliphatic heterocycles. The molecule has 3 rings (SSSR count). The van der Waals surface area contributed by atoms with E-state index in [-0.39, 0.29) is 23.4 Å². The molecule has 1 aromatic heterocycles. The van der Waals surface area contributed by atoms with Crippen molar-refractivity contribution in [2.75, 3.05) is 33.8 Å². The van der Waals surface area contributed by atoms with Crippen LogP contribution in [-0.2, 0) is 6.42 Å². The number of hydrogen-bond acceptors (Lipinski definition) is 6. The average molecular weight is 398 g/mol. The van der Waals surface area contributed by atoms with Crippen LogP contribution in [0.5, 0.6) is 5.75 Å². The van der Waals surface area contributed by atoms with Crippen LogP contribution >= 0.6 is 0 Å². The van der Waals surface area contributed by atoms with E-state index in [0.717, 1.165) is 44.6 Å². The van der Waals surface area contributed by atoms with Gasteiger partial charge < -0.3 is 14.5 Å². The summed E-state index contributed by atoms with van der Waals surface area (Å²) in [4.78, 5) is 32.0. The van der Waals surface area contributed by atoms with Gasteiger partial charge in [0.25, 0.3) is 5.91 Å². The molecule has 0 N–H and O–H groups in total. The maximum atomic E-state index is 12.9. The molecule has 2 aromatic rings. The van der Waals surface area contributed by atoms with Crippen LogP contribution in [0.1, 0.15) is 28.9 Å². The van der Waals surface area contributed by atoms with Crippen molar-refractivity contribution in [1.29, 1.82) is 0 Å². The lowest BCUT2D eigenvalue weighted by Gasteiger charge is -2.36. The van der Waals surface area contributed by atoms with Gasteiger partial charge in [-0.3, -0.25) is 19.9 Å². The Bertz CT molecular complexity index is 851. The third-order valence-corrected chi connectivity index (χ3v) is 5.46. The van der Waals surface area contributed by atoms with E-state index in [1.807, 2.05) is 24.4 Å². The highest BCUT2D eigenvalue weighted by Crippen LogP contribution is 2.28. The number of methoxy groups -OCH3 is 1. The molecule has 8 heteroatoms. The van der Waals surface area contributed by atoms with Gasteiger partial charge in [-0.25, -0.2) is 0 Å². The molecule has 1 aliphatic rings. The summed E-state index contributed by atoms with van der Waals surface area (Å²) >= 11 is 0. The van der Waals surface area contributed by atoms with Gasteiger partial charge in [0, 0.05) is 62.7 Å². The Hall–Kier alpha value is -3.00. The van der Waals surface area contributed by atoms with Crippen molar-refractivity contribution in [3.63, 3.8) is 0 Å². The number of benzene rings is 1. The number of ether oxygens (including phenoxy) is 1. The van der Waals surface area contributed by atoms with E-state index in [4.69, 9.17) is 4.74 Å². The number of carbonyl (C=O) groups is 1. The number of likely N-dealkylation sites (tertiary alicyclic amines) is 1. The van der Waals surface area contributed by atoms with Crippen LogP contribution in [0.3, 0.4) is 0 Å². The smallest absolute Gasteiger partial charge is 0.311 e. The summed E-state index contributed by atoms with van der Waals surface area (Å²) in [5.74, 6) is -0.0573. The Balaban J connectivity index is 1.56. The fraction of sp³-hybridized carbons (Fsp3) is 0.429. The first-order valence-corrected chi connectivity index (χ1v) is 9.71. The van der Waals surface area contributed by atoms with Gasteiger partial charge in [0.15, 0.2) is 5.75 Å². The van der Waals surface area contributed by atoms with Gasteiger partial charge in [-0.05, 0) is 37.1 Å². The fourth-order valence-electron chi connectivity index (χ4n) is 3.68. The van der Waals surface area contributed by atoms with E-state index in [9.17, 15) is 14.9 Å². The fourth-order valence-corrected chi connectivity index (χ4v) is 3.68. The number of rotatable bonds is 7. The molecule has 0 aliphatic carbocycles. The monoisotopic (exact) mass is 398 g/mol. The van der Waals surface area contributed by atoms with Gasteiger partial charge in [0.1, 0.15) is 0 Å². The van der Waals surface area contributed by atoms with E-state index in [0.29, 0.717) is 5.56 Å². The number of piperidine rings is 1. The summed E-state index contributed by atoms with van der Waals surface area (Å²) in [5.41, 5.74) is 1.19. The zero-order valence-electron chi connectivity index (χ0n) is 16.8. The van der Waals surface area contributed by atoms with E-state index < -0.39 is 4.92 Å².